The van der Waals surface area contributed by atoms with Crippen LogP contribution in [0.1, 0.15) is 12.5 Å². The van der Waals surface area contributed by atoms with Gasteiger partial charge in [0.05, 0.1) is 6.07 Å². The van der Waals surface area contributed by atoms with Crippen molar-refractivity contribution in [2.75, 3.05) is 0 Å². The number of rotatable bonds is 2. The number of benzene rings is 2. The molecule has 0 aliphatic carbocycles. The minimum Gasteiger partial charge on any atom is -0.199 e. The van der Waals surface area contributed by atoms with Crippen LogP contribution in [0.4, 0.5) is 0 Å². The Balaban J connectivity index is 0.000000437. The Morgan fingerprint density at radius 2 is 1.41 bits per heavy atom. The van der Waals surface area contributed by atoms with Crippen LogP contribution in [0, 0.1) is 11.3 Å². The van der Waals surface area contributed by atoms with Crippen LogP contribution in [0.2, 0.25) is 0 Å². The first-order valence-electron chi connectivity index (χ1n) is 5.33. The maximum absolute atomic E-state index is 7.32. The van der Waals surface area contributed by atoms with Crippen LogP contribution in [0.5, 0.6) is 0 Å². The molecule has 2 aromatic rings. The second-order valence-corrected chi connectivity index (χ2v) is 3.98. The third-order valence-electron chi connectivity index (χ3n) is 2.22. The predicted octanol–water partition coefficient (Wildman–Crippen LogP) is 4.78. The fourth-order valence-electron chi connectivity index (χ4n) is 1.42. The highest BCUT2D eigenvalue weighted by Crippen LogP contribution is 2.19. The smallest absolute Gasteiger partial charge is 0.0587 e. The van der Waals surface area contributed by atoms with Crippen LogP contribution in [0.15, 0.2) is 54.6 Å². The zero-order chi connectivity index (χ0) is 12.5. The van der Waals surface area contributed by atoms with Crippen molar-refractivity contribution >= 4 is 15.9 Å². The van der Waals surface area contributed by atoms with Crippen LogP contribution >= 0.6 is 15.9 Å². The van der Waals surface area contributed by atoms with E-state index >= 15 is 0 Å². The quantitative estimate of drug-likeness (QED) is 0.730. The SMILES string of the molecule is BrCc1ccc(-c2ccccc2)cc1.CC#N. The van der Waals surface area contributed by atoms with E-state index in [4.69, 9.17) is 5.26 Å². The Morgan fingerprint density at radius 1 is 0.941 bits per heavy atom. The third kappa shape index (κ3) is 4.42. The standard InChI is InChI=1S/C13H11Br.C2H3N/c14-10-11-6-8-13(9-7-11)12-4-2-1-3-5-12;1-2-3/h1-9H,10H2;1H3. The van der Waals surface area contributed by atoms with Gasteiger partial charge in [-0.15, -0.1) is 0 Å². The number of halogens is 1. The maximum Gasteiger partial charge on any atom is 0.0587 e. The van der Waals surface area contributed by atoms with Crippen molar-refractivity contribution in [3.05, 3.63) is 60.2 Å². The summed E-state index contributed by atoms with van der Waals surface area (Å²) in [5, 5.41) is 8.24. The molecule has 0 aromatic heterocycles. The normalized spacial score (nSPS) is 8.76. The van der Waals surface area contributed by atoms with Gasteiger partial charge in [0.2, 0.25) is 0 Å². The molecule has 0 aliphatic heterocycles. The van der Waals surface area contributed by atoms with Crippen molar-refractivity contribution in [2.45, 2.75) is 12.3 Å². The minimum atomic E-state index is 0.919. The van der Waals surface area contributed by atoms with E-state index in [1.807, 2.05) is 6.07 Å². The molecule has 2 heteroatoms. The van der Waals surface area contributed by atoms with Crippen molar-refractivity contribution in [2.24, 2.45) is 0 Å². The first-order chi connectivity index (χ1) is 8.31. The lowest BCUT2D eigenvalue weighted by molar-refractivity contribution is 1.44. The minimum absolute atomic E-state index is 0.919. The van der Waals surface area contributed by atoms with E-state index in [9.17, 15) is 0 Å². The molecule has 0 saturated carbocycles. The third-order valence-corrected chi connectivity index (χ3v) is 2.86. The predicted molar refractivity (Wildman–Crippen MR) is 75.8 cm³/mol. The number of alkyl halides is 1. The molecule has 0 fully saturated rings. The van der Waals surface area contributed by atoms with Gasteiger partial charge in [-0.3, -0.25) is 0 Å². The largest absolute Gasteiger partial charge is 0.199 e. The lowest BCUT2D eigenvalue weighted by atomic mass is 10.0. The molecule has 0 unspecified atom stereocenters. The molecular formula is C15H14BrN. The summed E-state index contributed by atoms with van der Waals surface area (Å²) in [5.41, 5.74) is 3.86. The zero-order valence-electron chi connectivity index (χ0n) is 9.73. The number of nitrogens with zero attached hydrogens (tertiary/aromatic N) is 1. The highest BCUT2D eigenvalue weighted by atomic mass is 79.9. The Morgan fingerprint density at radius 3 is 1.88 bits per heavy atom. The second kappa shape index (κ2) is 7.65. The van der Waals surface area contributed by atoms with Gasteiger partial charge in [-0.05, 0) is 16.7 Å². The van der Waals surface area contributed by atoms with Gasteiger partial charge in [0, 0.05) is 12.3 Å². The highest BCUT2D eigenvalue weighted by Gasteiger charge is 1.95. The van der Waals surface area contributed by atoms with Gasteiger partial charge >= 0.3 is 0 Å². The fraction of sp³-hybridized carbons (Fsp3) is 0.133. The lowest BCUT2D eigenvalue weighted by Gasteiger charge is -2.01. The average Bonchev–Trinajstić information content (AvgIpc) is 2.41. The molecular weight excluding hydrogens is 274 g/mol. The molecule has 0 bridgehead atoms. The summed E-state index contributed by atoms with van der Waals surface area (Å²) in [4.78, 5) is 0. The maximum atomic E-state index is 7.32. The molecule has 0 spiro atoms. The van der Waals surface area contributed by atoms with Crippen LogP contribution in [0.25, 0.3) is 11.1 Å². The molecule has 0 amide bonds. The van der Waals surface area contributed by atoms with E-state index in [1.165, 1.54) is 23.6 Å². The first kappa shape index (κ1) is 13.5. The Labute approximate surface area is 111 Å². The van der Waals surface area contributed by atoms with Crippen molar-refractivity contribution in [3.8, 4) is 17.2 Å². The van der Waals surface area contributed by atoms with E-state index in [2.05, 4.69) is 64.5 Å². The first-order valence-corrected chi connectivity index (χ1v) is 6.45. The van der Waals surface area contributed by atoms with E-state index in [-0.39, 0.29) is 0 Å². The summed E-state index contributed by atoms with van der Waals surface area (Å²) >= 11 is 3.44. The van der Waals surface area contributed by atoms with Gasteiger partial charge in [-0.25, -0.2) is 0 Å². The van der Waals surface area contributed by atoms with Crippen molar-refractivity contribution < 1.29 is 0 Å². The van der Waals surface area contributed by atoms with E-state index in [0.29, 0.717) is 0 Å². The summed E-state index contributed by atoms with van der Waals surface area (Å²) < 4.78 is 0. The summed E-state index contributed by atoms with van der Waals surface area (Å²) in [7, 11) is 0. The molecule has 0 N–H and O–H groups in total. The van der Waals surface area contributed by atoms with Crippen molar-refractivity contribution in [1.29, 1.82) is 5.26 Å². The summed E-state index contributed by atoms with van der Waals surface area (Å²) in [6, 6.07) is 20.8. The molecule has 0 saturated heterocycles. The molecule has 17 heavy (non-hydrogen) atoms. The Bertz CT molecular complexity index is 469. The second-order valence-electron chi connectivity index (χ2n) is 3.42. The van der Waals surface area contributed by atoms with Crippen LogP contribution < -0.4 is 0 Å². The van der Waals surface area contributed by atoms with Gasteiger partial charge in [-0.1, -0.05) is 70.5 Å². The molecule has 0 aliphatic rings. The van der Waals surface area contributed by atoms with Gasteiger partial charge in [-0.2, -0.15) is 5.26 Å². The van der Waals surface area contributed by atoms with Crippen molar-refractivity contribution in [1.82, 2.24) is 0 Å². The molecule has 86 valence electrons. The summed E-state index contributed by atoms with van der Waals surface area (Å²) in [5.74, 6) is 0. The molecule has 2 rings (SSSR count). The van der Waals surface area contributed by atoms with Gasteiger partial charge < -0.3 is 0 Å². The number of nitriles is 1. The van der Waals surface area contributed by atoms with E-state index in [0.717, 1.165) is 5.33 Å². The number of hydrogen-bond donors (Lipinski definition) is 0. The number of hydrogen-bond acceptors (Lipinski definition) is 1. The zero-order valence-corrected chi connectivity index (χ0v) is 11.3. The van der Waals surface area contributed by atoms with Gasteiger partial charge in [0.15, 0.2) is 0 Å². The van der Waals surface area contributed by atoms with Crippen molar-refractivity contribution in [3.63, 3.8) is 0 Å². The van der Waals surface area contributed by atoms with Crippen LogP contribution in [0.3, 0.4) is 0 Å². The molecule has 0 heterocycles. The Kier molecular flexibility index (Phi) is 6.06. The van der Waals surface area contributed by atoms with Gasteiger partial charge in [0.25, 0.3) is 0 Å². The summed E-state index contributed by atoms with van der Waals surface area (Å²) in [6.45, 7) is 1.43. The average molecular weight is 288 g/mol. The monoisotopic (exact) mass is 287 g/mol. The van der Waals surface area contributed by atoms with E-state index in [1.54, 1.807) is 6.07 Å². The highest BCUT2D eigenvalue weighted by molar-refractivity contribution is 9.08. The Hall–Kier alpha value is -1.59. The topological polar surface area (TPSA) is 23.8 Å². The lowest BCUT2D eigenvalue weighted by Crippen LogP contribution is -1.79. The molecule has 1 nitrogen and oxygen atoms in total. The fourth-order valence-corrected chi connectivity index (χ4v) is 1.79. The summed E-state index contributed by atoms with van der Waals surface area (Å²) in [6.07, 6.45) is 0. The van der Waals surface area contributed by atoms with Crippen LogP contribution in [-0.2, 0) is 5.33 Å². The van der Waals surface area contributed by atoms with Crippen LogP contribution in [-0.4, -0.2) is 0 Å². The molecule has 0 atom stereocenters. The molecule has 0 radical (unpaired) electrons. The van der Waals surface area contributed by atoms with Gasteiger partial charge in [0.1, 0.15) is 0 Å². The molecule has 2 aromatic carbocycles. The van der Waals surface area contributed by atoms with E-state index < -0.39 is 0 Å².